The fraction of sp³-hybridized carbons (Fsp3) is 0.526. The van der Waals surface area contributed by atoms with E-state index in [1.165, 1.54) is 4.90 Å². The Balaban J connectivity index is 1.77. The number of nitrogens with one attached hydrogen (secondary N) is 4. The summed E-state index contributed by atoms with van der Waals surface area (Å²) in [6.45, 7) is 4.13. The zero-order valence-corrected chi connectivity index (χ0v) is 30.6. The molecule has 0 saturated carbocycles. The van der Waals surface area contributed by atoms with Crippen molar-refractivity contribution >= 4 is 35.6 Å². The molecule has 15 heteroatoms. The Bertz CT molecular complexity index is 1520. The topological polar surface area (TPSA) is 246 Å². The molecule has 0 aliphatic carbocycles. The number of hydrogen-bond donors (Lipinski definition) is 8. The maximum absolute atomic E-state index is 13.9. The molecule has 1 saturated heterocycles. The first-order chi connectivity index (χ1) is 25.2. The first kappa shape index (κ1) is 42.6. The highest BCUT2D eigenvalue weighted by Crippen LogP contribution is 2.21. The first-order valence-electron chi connectivity index (χ1n) is 18.2. The number of aliphatic carboxylic acids is 2. The molecule has 0 unspecified atom stereocenters. The van der Waals surface area contributed by atoms with Gasteiger partial charge in [0.2, 0.25) is 23.6 Å². The fourth-order valence-corrected chi connectivity index (χ4v) is 6.16. The third-order valence-electron chi connectivity index (χ3n) is 9.27. The molecule has 1 aliphatic heterocycles. The highest BCUT2D eigenvalue weighted by Gasteiger charge is 2.40. The lowest BCUT2D eigenvalue weighted by Gasteiger charge is -2.38. The van der Waals surface area contributed by atoms with E-state index in [4.69, 9.17) is 16.6 Å². The molecular formula is C38H55N7O8. The summed E-state index contributed by atoms with van der Waals surface area (Å²) in [5, 5.41) is 29.7. The van der Waals surface area contributed by atoms with Gasteiger partial charge in [-0.25, -0.2) is 0 Å². The number of hydrogen-bond acceptors (Lipinski definition) is 9. The average molecular weight is 738 g/mol. The van der Waals surface area contributed by atoms with Crippen LogP contribution in [-0.4, -0.2) is 107 Å². The minimum absolute atomic E-state index is 0.0437. The Morgan fingerprint density at radius 3 is 1.83 bits per heavy atom. The molecule has 2 aromatic carbocycles. The van der Waals surface area contributed by atoms with Gasteiger partial charge in [0.15, 0.2) is 0 Å². The number of piperidine rings is 1. The molecule has 0 bridgehead atoms. The molecule has 4 atom stereocenters. The molecular weight excluding hydrogens is 682 g/mol. The second-order valence-electron chi connectivity index (χ2n) is 14.2. The SMILES string of the molecule is CC(C)C[C@@H](NC(=O)[C@@H](Cc1ccccc1)NC(=O)[C@H](N)Cc1ccccc1)C(=O)N[C@H](CCCCNCC(=O)O)C(=O)N1CCC(N)(C(=O)O)CC1. The Morgan fingerprint density at radius 1 is 0.755 bits per heavy atom. The van der Waals surface area contributed by atoms with Gasteiger partial charge >= 0.3 is 11.9 Å². The summed E-state index contributed by atoms with van der Waals surface area (Å²) < 4.78 is 0. The normalized spacial score (nSPS) is 16.1. The van der Waals surface area contributed by atoms with Crippen LogP contribution in [0.4, 0.5) is 0 Å². The lowest BCUT2D eigenvalue weighted by atomic mass is 9.88. The average Bonchev–Trinajstić information content (AvgIpc) is 3.12. The van der Waals surface area contributed by atoms with Gasteiger partial charge in [-0.3, -0.25) is 28.8 Å². The number of nitrogens with zero attached hydrogens (tertiary/aromatic N) is 1. The Kier molecular flexibility index (Phi) is 16.9. The summed E-state index contributed by atoms with van der Waals surface area (Å²) >= 11 is 0. The lowest BCUT2D eigenvalue weighted by molar-refractivity contribution is -0.148. The van der Waals surface area contributed by atoms with E-state index in [9.17, 15) is 33.9 Å². The van der Waals surface area contributed by atoms with Gasteiger partial charge in [-0.2, -0.15) is 0 Å². The molecule has 290 valence electrons. The van der Waals surface area contributed by atoms with Gasteiger partial charge in [-0.15, -0.1) is 0 Å². The summed E-state index contributed by atoms with van der Waals surface area (Å²) in [6, 6.07) is 14.3. The number of benzene rings is 2. The number of rotatable bonds is 21. The van der Waals surface area contributed by atoms with E-state index in [2.05, 4.69) is 21.3 Å². The van der Waals surface area contributed by atoms with Crippen LogP contribution in [0.25, 0.3) is 0 Å². The molecule has 4 amide bonds. The molecule has 2 aromatic rings. The maximum Gasteiger partial charge on any atom is 0.323 e. The highest BCUT2D eigenvalue weighted by atomic mass is 16.4. The van der Waals surface area contributed by atoms with Crippen molar-refractivity contribution in [3.05, 3.63) is 71.8 Å². The lowest BCUT2D eigenvalue weighted by Crippen LogP contribution is -2.60. The number of unbranched alkanes of at least 4 members (excludes halogenated alkanes) is 1. The van der Waals surface area contributed by atoms with Crippen LogP contribution in [0.15, 0.2) is 60.7 Å². The second-order valence-corrected chi connectivity index (χ2v) is 14.2. The number of amides is 4. The van der Waals surface area contributed by atoms with Crippen LogP contribution in [0.1, 0.15) is 63.5 Å². The predicted molar refractivity (Wildman–Crippen MR) is 198 cm³/mol. The van der Waals surface area contributed by atoms with Gasteiger partial charge in [0.1, 0.15) is 23.7 Å². The molecule has 1 aliphatic rings. The van der Waals surface area contributed by atoms with Gasteiger partial charge < -0.3 is 47.8 Å². The van der Waals surface area contributed by atoms with Crippen molar-refractivity contribution in [2.75, 3.05) is 26.2 Å². The van der Waals surface area contributed by atoms with Crippen molar-refractivity contribution in [1.29, 1.82) is 0 Å². The third kappa shape index (κ3) is 14.2. The smallest absolute Gasteiger partial charge is 0.323 e. The van der Waals surface area contributed by atoms with Gasteiger partial charge in [0, 0.05) is 19.5 Å². The largest absolute Gasteiger partial charge is 0.480 e. The number of likely N-dealkylation sites (tertiary alicyclic amines) is 1. The molecule has 53 heavy (non-hydrogen) atoms. The van der Waals surface area contributed by atoms with Crippen molar-refractivity contribution in [2.45, 2.75) is 94.9 Å². The molecule has 3 rings (SSSR count). The second kappa shape index (κ2) is 21.0. The van der Waals surface area contributed by atoms with Crippen LogP contribution in [0.2, 0.25) is 0 Å². The first-order valence-corrected chi connectivity index (χ1v) is 18.2. The summed E-state index contributed by atoms with van der Waals surface area (Å²) in [6.07, 6.45) is 1.92. The Labute approximate surface area is 310 Å². The van der Waals surface area contributed by atoms with Crippen molar-refractivity contribution in [2.24, 2.45) is 17.4 Å². The third-order valence-corrected chi connectivity index (χ3v) is 9.27. The zero-order chi connectivity index (χ0) is 39.0. The van der Waals surface area contributed by atoms with Crippen molar-refractivity contribution in [3.8, 4) is 0 Å². The van der Waals surface area contributed by atoms with E-state index in [1.807, 2.05) is 74.5 Å². The van der Waals surface area contributed by atoms with Crippen LogP contribution >= 0.6 is 0 Å². The highest BCUT2D eigenvalue weighted by molar-refractivity contribution is 5.95. The zero-order valence-electron chi connectivity index (χ0n) is 30.6. The standard InChI is InChI=1S/C38H55N7O8/c1-25(2)21-30(44-35(50)31(23-27-13-7-4-8-14-27)43-33(48)28(39)22-26-11-5-3-6-12-26)34(49)42-29(15-9-10-18-41-24-32(46)47)36(51)45-19-16-38(40,17-20-45)37(52)53/h3-8,11-14,25,28-31,41H,9-10,15-24,39-40H2,1-2H3,(H,42,49)(H,43,48)(H,44,50)(H,46,47)(H,52,53)/t28-,29-,30-,31-/m1/s1. The predicted octanol–water partition coefficient (Wildman–Crippen LogP) is 0.549. The monoisotopic (exact) mass is 737 g/mol. The van der Waals surface area contributed by atoms with Crippen LogP contribution in [0.3, 0.4) is 0 Å². The number of carbonyl (C=O) groups excluding carboxylic acids is 4. The van der Waals surface area contributed by atoms with Crippen molar-refractivity contribution < 1.29 is 39.0 Å². The van der Waals surface area contributed by atoms with Gasteiger partial charge in [-0.05, 0) is 68.5 Å². The van der Waals surface area contributed by atoms with E-state index in [-0.39, 0.29) is 64.1 Å². The summed E-state index contributed by atoms with van der Waals surface area (Å²) in [5.41, 5.74) is 12.5. The summed E-state index contributed by atoms with van der Waals surface area (Å²) in [7, 11) is 0. The van der Waals surface area contributed by atoms with E-state index in [0.717, 1.165) is 11.1 Å². The van der Waals surface area contributed by atoms with Gasteiger partial charge in [0.05, 0.1) is 12.6 Å². The molecule has 0 spiro atoms. The minimum Gasteiger partial charge on any atom is -0.480 e. The van der Waals surface area contributed by atoms with Crippen LogP contribution in [0, 0.1) is 5.92 Å². The number of carboxylic acids is 2. The van der Waals surface area contributed by atoms with E-state index < -0.39 is 65.3 Å². The molecule has 1 heterocycles. The quantitative estimate of drug-likeness (QED) is 0.0822. The molecule has 1 fully saturated rings. The van der Waals surface area contributed by atoms with E-state index in [0.29, 0.717) is 19.4 Å². The molecule has 0 radical (unpaired) electrons. The fourth-order valence-electron chi connectivity index (χ4n) is 6.16. The Hall–Kier alpha value is -4.86. The van der Waals surface area contributed by atoms with E-state index in [1.54, 1.807) is 0 Å². The summed E-state index contributed by atoms with van der Waals surface area (Å²) in [5.74, 6) is -4.29. The van der Waals surface area contributed by atoms with Crippen molar-refractivity contribution in [3.63, 3.8) is 0 Å². The molecule has 0 aromatic heterocycles. The van der Waals surface area contributed by atoms with Crippen molar-refractivity contribution in [1.82, 2.24) is 26.2 Å². The maximum atomic E-state index is 13.9. The number of nitrogens with two attached hydrogens (primary N) is 2. The number of carboxylic acid groups (broad SMARTS) is 2. The van der Waals surface area contributed by atoms with Crippen LogP contribution < -0.4 is 32.7 Å². The van der Waals surface area contributed by atoms with Gasteiger partial charge in [0.25, 0.3) is 0 Å². The van der Waals surface area contributed by atoms with Gasteiger partial charge in [-0.1, -0.05) is 74.5 Å². The van der Waals surface area contributed by atoms with Crippen LogP contribution in [0.5, 0.6) is 0 Å². The number of carbonyl (C=O) groups is 6. The Morgan fingerprint density at radius 2 is 1.28 bits per heavy atom. The van der Waals surface area contributed by atoms with E-state index >= 15 is 0 Å². The molecule has 10 N–H and O–H groups in total. The minimum atomic E-state index is -1.45. The summed E-state index contributed by atoms with van der Waals surface area (Å²) in [4.78, 5) is 79.0. The molecule has 15 nitrogen and oxygen atoms in total. The van der Waals surface area contributed by atoms with Crippen LogP contribution in [-0.2, 0) is 41.6 Å².